The highest BCUT2D eigenvalue weighted by molar-refractivity contribution is 5.63. The third-order valence-electron chi connectivity index (χ3n) is 4.82. The van der Waals surface area contributed by atoms with Crippen LogP contribution >= 0.6 is 0 Å². The van der Waals surface area contributed by atoms with E-state index < -0.39 is 0 Å². The number of aryl methyl sites for hydroxylation is 1. The van der Waals surface area contributed by atoms with Crippen LogP contribution in [0.15, 0.2) is 97.3 Å². The standard InChI is InChI=1S/C24H23N3/c1-27-17-16-25-24(27)23(22-10-6-3-7-11-22)26-18-19-12-14-21(15-13-19)20-8-4-2-5-9-20/h2-17,23,26H,18H2,1H3. The molecule has 1 N–H and O–H groups in total. The summed E-state index contributed by atoms with van der Waals surface area (Å²) < 4.78 is 2.07. The highest BCUT2D eigenvalue weighted by Gasteiger charge is 2.17. The van der Waals surface area contributed by atoms with Gasteiger partial charge in [0.05, 0.1) is 6.04 Å². The molecule has 4 aromatic rings. The van der Waals surface area contributed by atoms with Crippen LogP contribution in [0.5, 0.6) is 0 Å². The van der Waals surface area contributed by atoms with Crippen molar-refractivity contribution in [3.8, 4) is 11.1 Å². The van der Waals surface area contributed by atoms with Gasteiger partial charge in [0.25, 0.3) is 0 Å². The summed E-state index contributed by atoms with van der Waals surface area (Å²) in [5.74, 6) is 1.02. The molecule has 27 heavy (non-hydrogen) atoms. The van der Waals surface area contributed by atoms with Crippen molar-refractivity contribution in [3.05, 3.63) is 114 Å². The Balaban J connectivity index is 1.52. The normalized spacial score (nSPS) is 12.0. The molecule has 134 valence electrons. The first-order valence-electron chi connectivity index (χ1n) is 9.21. The predicted octanol–water partition coefficient (Wildman–Crippen LogP) is 4.97. The molecule has 0 bridgehead atoms. The van der Waals surface area contributed by atoms with Crippen LogP contribution in [0.25, 0.3) is 11.1 Å². The second kappa shape index (κ2) is 8.02. The molecule has 0 radical (unpaired) electrons. The largest absolute Gasteiger partial charge is 0.336 e. The van der Waals surface area contributed by atoms with Gasteiger partial charge < -0.3 is 4.57 Å². The fourth-order valence-electron chi connectivity index (χ4n) is 3.32. The molecule has 0 saturated carbocycles. The number of imidazole rings is 1. The zero-order valence-corrected chi connectivity index (χ0v) is 15.4. The lowest BCUT2D eigenvalue weighted by molar-refractivity contribution is 0.558. The molecule has 0 aliphatic rings. The monoisotopic (exact) mass is 353 g/mol. The van der Waals surface area contributed by atoms with Crippen LogP contribution in [0.4, 0.5) is 0 Å². The molecule has 0 aliphatic heterocycles. The van der Waals surface area contributed by atoms with Crippen LogP contribution in [0.3, 0.4) is 0 Å². The van der Waals surface area contributed by atoms with E-state index in [-0.39, 0.29) is 6.04 Å². The highest BCUT2D eigenvalue weighted by Crippen LogP contribution is 2.22. The van der Waals surface area contributed by atoms with Crippen molar-refractivity contribution in [2.45, 2.75) is 12.6 Å². The molecule has 0 spiro atoms. The maximum Gasteiger partial charge on any atom is 0.130 e. The van der Waals surface area contributed by atoms with E-state index >= 15 is 0 Å². The quantitative estimate of drug-likeness (QED) is 0.530. The first-order chi connectivity index (χ1) is 13.3. The molecule has 0 saturated heterocycles. The Morgan fingerprint density at radius 2 is 1.44 bits per heavy atom. The SMILES string of the molecule is Cn1ccnc1C(NCc1ccc(-c2ccccc2)cc1)c1ccccc1. The van der Waals surface area contributed by atoms with Crippen molar-refractivity contribution in [3.63, 3.8) is 0 Å². The first-order valence-corrected chi connectivity index (χ1v) is 9.21. The smallest absolute Gasteiger partial charge is 0.130 e. The van der Waals surface area contributed by atoms with E-state index in [0.29, 0.717) is 0 Å². The molecule has 3 aromatic carbocycles. The van der Waals surface area contributed by atoms with E-state index in [9.17, 15) is 0 Å². The van der Waals surface area contributed by atoms with Gasteiger partial charge in [-0.15, -0.1) is 0 Å². The van der Waals surface area contributed by atoms with E-state index in [2.05, 4.69) is 87.7 Å². The molecule has 4 rings (SSSR count). The molecule has 3 nitrogen and oxygen atoms in total. The lowest BCUT2D eigenvalue weighted by Crippen LogP contribution is -2.24. The van der Waals surface area contributed by atoms with Crippen LogP contribution in [0, 0.1) is 0 Å². The van der Waals surface area contributed by atoms with Gasteiger partial charge in [-0.3, -0.25) is 5.32 Å². The van der Waals surface area contributed by atoms with Gasteiger partial charge >= 0.3 is 0 Å². The number of benzene rings is 3. The lowest BCUT2D eigenvalue weighted by Gasteiger charge is -2.19. The van der Waals surface area contributed by atoms with Gasteiger partial charge in [0.2, 0.25) is 0 Å². The third kappa shape index (κ3) is 3.99. The van der Waals surface area contributed by atoms with Gasteiger partial charge in [-0.1, -0.05) is 84.9 Å². The van der Waals surface area contributed by atoms with E-state index in [1.165, 1.54) is 22.3 Å². The number of nitrogens with zero attached hydrogens (tertiary/aromatic N) is 2. The van der Waals surface area contributed by atoms with E-state index in [1.807, 2.05) is 31.6 Å². The fraction of sp³-hybridized carbons (Fsp3) is 0.125. The van der Waals surface area contributed by atoms with Crippen LogP contribution in [-0.4, -0.2) is 9.55 Å². The molecule has 1 unspecified atom stereocenters. The van der Waals surface area contributed by atoms with Gasteiger partial charge in [0, 0.05) is 26.0 Å². The van der Waals surface area contributed by atoms with Crippen LogP contribution < -0.4 is 5.32 Å². The van der Waals surface area contributed by atoms with Crippen molar-refractivity contribution in [2.24, 2.45) is 7.05 Å². The summed E-state index contributed by atoms with van der Waals surface area (Å²) in [5, 5.41) is 3.67. The average Bonchev–Trinajstić information content (AvgIpc) is 3.16. The maximum atomic E-state index is 4.56. The highest BCUT2D eigenvalue weighted by atomic mass is 15.1. The van der Waals surface area contributed by atoms with Crippen LogP contribution in [-0.2, 0) is 13.6 Å². The summed E-state index contributed by atoms with van der Waals surface area (Å²) in [7, 11) is 2.04. The Morgan fingerprint density at radius 1 is 0.815 bits per heavy atom. The van der Waals surface area contributed by atoms with Gasteiger partial charge in [-0.05, 0) is 22.3 Å². The van der Waals surface area contributed by atoms with Crippen molar-refractivity contribution in [2.75, 3.05) is 0 Å². The molecule has 1 aromatic heterocycles. The molecule has 1 heterocycles. The Hall–Kier alpha value is -3.17. The molecule has 0 fully saturated rings. The van der Waals surface area contributed by atoms with Gasteiger partial charge in [0.1, 0.15) is 5.82 Å². The van der Waals surface area contributed by atoms with Crippen LogP contribution in [0.1, 0.15) is 23.0 Å². The number of nitrogens with one attached hydrogen (secondary N) is 1. The number of aromatic nitrogens is 2. The van der Waals surface area contributed by atoms with E-state index in [0.717, 1.165) is 12.4 Å². The minimum atomic E-state index is 0.0556. The van der Waals surface area contributed by atoms with Gasteiger partial charge in [-0.2, -0.15) is 0 Å². The Kier molecular flexibility index (Phi) is 5.13. The lowest BCUT2D eigenvalue weighted by atomic mass is 10.0. The topological polar surface area (TPSA) is 29.9 Å². The van der Waals surface area contributed by atoms with Crippen molar-refractivity contribution >= 4 is 0 Å². The summed E-state index contributed by atoms with van der Waals surface area (Å²) in [5.41, 5.74) is 4.95. The molecular weight excluding hydrogens is 330 g/mol. The Labute approximate surface area is 160 Å². The Morgan fingerprint density at radius 3 is 2.07 bits per heavy atom. The second-order valence-corrected chi connectivity index (χ2v) is 6.68. The van der Waals surface area contributed by atoms with Crippen molar-refractivity contribution < 1.29 is 0 Å². The molecule has 1 atom stereocenters. The zero-order valence-electron chi connectivity index (χ0n) is 15.4. The predicted molar refractivity (Wildman–Crippen MR) is 110 cm³/mol. The minimum Gasteiger partial charge on any atom is -0.336 e. The summed E-state index contributed by atoms with van der Waals surface area (Å²) in [6.45, 7) is 0.779. The molecule has 0 aliphatic carbocycles. The molecule has 3 heteroatoms. The Bertz CT molecular complexity index is 973. The van der Waals surface area contributed by atoms with Crippen molar-refractivity contribution in [1.82, 2.24) is 14.9 Å². The zero-order chi connectivity index (χ0) is 18.5. The van der Waals surface area contributed by atoms with Crippen molar-refractivity contribution in [1.29, 1.82) is 0 Å². The fourth-order valence-corrected chi connectivity index (χ4v) is 3.32. The van der Waals surface area contributed by atoms with E-state index in [1.54, 1.807) is 0 Å². The summed E-state index contributed by atoms with van der Waals surface area (Å²) in [6, 6.07) is 29.7. The maximum absolute atomic E-state index is 4.56. The van der Waals surface area contributed by atoms with Gasteiger partial charge in [0.15, 0.2) is 0 Å². The van der Waals surface area contributed by atoms with E-state index in [4.69, 9.17) is 0 Å². The number of rotatable bonds is 6. The molecular formula is C24H23N3. The summed E-state index contributed by atoms with van der Waals surface area (Å²) >= 11 is 0. The number of hydrogen-bond acceptors (Lipinski definition) is 2. The molecule has 0 amide bonds. The summed E-state index contributed by atoms with van der Waals surface area (Å²) in [4.78, 5) is 4.56. The minimum absolute atomic E-state index is 0.0556. The first kappa shape index (κ1) is 17.3. The summed E-state index contributed by atoms with van der Waals surface area (Å²) in [6.07, 6.45) is 3.84. The number of hydrogen-bond donors (Lipinski definition) is 1. The van der Waals surface area contributed by atoms with Gasteiger partial charge in [-0.25, -0.2) is 4.98 Å². The second-order valence-electron chi connectivity index (χ2n) is 6.68. The third-order valence-corrected chi connectivity index (χ3v) is 4.82. The van der Waals surface area contributed by atoms with Crippen LogP contribution in [0.2, 0.25) is 0 Å². The average molecular weight is 353 g/mol.